The van der Waals surface area contributed by atoms with Gasteiger partial charge in [-0.1, -0.05) is 0 Å². The monoisotopic (exact) mass is 471 g/mol. The van der Waals surface area contributed by atoms with Gasteiger partial charge in [-0.2, -0.15) is 0 Å². The zero-order valence-electron chi connectivity index (χ0n) is 18.3. The number of hydrogen-bond acceptors (Lipinski definition) is 9. The summed E-state index contributed by atoms with van der Waals surface area (Å²) in [5.41, 5.74) is 2.59. The number of Topliss-reactive ketones (excluding diaryl/α,β-unsaturated/α-hetero) is 1. The molecule has 2 amide bonds. The summed E-state index contributed by atoms with van der Waals surface area (Å²) in [4.78, 5) is 59.5. The second kappa shape index (κ2) is 10.4. The summed E-state index contributed by atoms with van der Waals surface area (Å²) < 4.78 is 15.3. The van der Waals surface area contributed by atoms with Crippen LogP contribution in [-0.4, -0.2) is 60.9 Å². The fourth-order valence-corrected chi connectivity index (χ4v) is 3.21. The van der Waals surface area contributed by atoms with Gasteiger partial charge in [0, 0.05) is 35.7 Å². The number of methoxy groups -OCH3 is 2. The van der Waals surface area contributed by atoms with Crippen LogP contribution in [0.2, 0.25) is 0 Å². The molecule has 12 heteroatoms. The quantitative estimate of drug-likeness (QED) is 0.248. The van der Waals surface area contributed by atoms with E-state index in [-0.39, 0.29) is 29.8 Å². The van der Waals surface area contributed by atoms with Gasteiger partial charge in [-0.05, 0) is 24.3 Å². The zero-order chi connectivity index (χ0) is 24.8. The van der Waals surface area contributed by atoms with Gasteiger partial charge in [0.2, 0.25) is 5.91 Å². The molecule has 1 heterocycles. The second-order valence-corrected chi connectivity index (χ2v) is 7.28. The van der Waals surface area contributed by atoms with Crippen molar-refractivity contribution in [3.05, 3.63) is 63.7 Å². The number of nitrogens with one attached hydrogen (secondary N) is 1. The van der Waals surface area contributed by atoms with E-state index >= 15 is 0 Å². The summed E-state index contributed by atoms with van der Waals surface area (Å²) in [6.07, 6.45) is -0.202. The summed E-state index contributed by atoms with van der Waals surface area (Å²) in [5.74, 6) is -2.53. The Balaban J connectivity index is 1.55. The van der Waals surface area contributed by atoms with E-state index in [0.29, 0.717) is 11.5 Å². The number of nitro benzene ring substituents is 1. The first-order chi connectivity index (χ1) is 16.2. The summed E-state index contributed by atoms with van der Waals surface area (Å²) in [6.45, 7) is -0.715. The summed E-state index contributed by atoms with van der Waals surface area (Å²) >= 11 is 0. The van der Waals surface area contributed by atoms with Crippen molar-refractivity contribution in [1.82, 2.24) is 10.4 Å². The molecule has 12 nitrogen and oxygen atoms in total. The highest BCUT2D eigenvalue weighted by molar-refractivity contribution is 5.99. The lowest BCUT2D eigenvalue weighted by molar-refractivity contribution is -0.384. The molecule has 3 rings (SSSR count). The number of nitro groups is 1. The zero-order valence-corrected chi connectivity index (χ0v) is 18.3. The highest BCUT2D eigenvalue weighted by Gasteiger charge is 2.37. The molecule has 0 radical (unpaired) electrons. The molecular weight excluding hydrogens is 450 g/mol. The second-order valence-electron chi connectivity index (χ2n) is 7.28. The van der Waals surface area contributed by atoms with Gasteiger partial charge in [0.25, 0.3) is 11.6 Å². The van der Waals surface area contributed by atoms with E-state index in [4.69, 9.17) is 14.2 Å². The number of nitrogens with zero attached hydrogens (tertiary/aromatic N) is 2. The maximum Gasteiger partial charge on any atom is 0.311 e. The third kappa shape index (κ3) is 5.65. The van der Waals surface area contributed by atoms with E-state index in [0.717, 1.165) is 5.01 Å². The van der Waals surface area contributed by atoms with E-state index < -0.39 is 41.0 Å². The number of carbonyl (C=O) groups excluding carboxylic acids is 4. The SMILES string of the molecule is COc1cc(OC)cc(C(=O)NN2C[C@@H](C(=O)OCC(=O)c3ccc([N+](=O)[O-])cc3)CC2=O)c1. The van der Waals surface area contributed by atoms with Crippen molar-refractivity contribution in [2.24, 2.45) is 5.92 Å². The molecule has 2 aromatic rings. The molecule has 1 N–H and O–H groups in total. The van der Waals surface area contributed by atoms with E-state index in [9.17, 15) is 29.3 Å². The van der Waals surface area contributed by atoms with Crippen LogP contribution in [0.15, 0.2) is 42.5 Å². The number of rotatable bonds is 9. The number of benzene rings is 2. The van der Waals surface area contributed by atoms with Crippen molar-refractivity contribution in [2.45, 2.75) is 6.42 Å². The Labute approximate surface area is 193 Å². The number of hydrazine groups is 1. The third-order valence-corrected chi connectivity index (χ3v) is 5.05. The van der Waals surface area contributed by atoms with Gasteiger partial charge in [0.05, 0.1) is 31.6 Å². The van der Waals surface area contributed by atoms with Crippen LogP contribution < -0.4 is 14.9 Å². The lowest BCUT2D eigenvalue weighted by Gasteiger charge is -2.18. The molecule has 0 spiro atoms. The highest BCUT2D eigenvalue weighted by Crippen LogP contribution is 2.23. The maximum absolute atomic E-state index is 12.6. The molecule has 0 saturated carbocycles. The highest BCUT2D eigenvalue weighted by atomic mass is 16.6. The number of esters is 1. The minimum absolute atomic E-state index is 0.129. The summed E-state index contributed by atoms with van der Waals surface area (Å²) in [6, 6.07) is 9.38. The summed E-state index contributed by atoms with van der Waals surface area (Å²) in [5, 5.41) is 11.7. The molecule has 1 aliphatic heterocycles. The molecule has 0 bridgehead atoms. The Hall–Kier alpha value is -4.48. The Kier molecular flexibility index (Phi) is 7.41. The smallest absolute Gasteiger partial charge is 0.311 e. The third-order valence-electron chi connectivity index (χ3n) is 5.05. The van der Waals surface area contributed by atoms with Crippen LogP contribution in [0.4, 0.5) is 5.69 Å². The Morgan fingerprint density at radius 3 is 2.24 bits per heavy atom. The van der Waals surface area contributed by atoms with Crippen LogP contribution in [0.25, 0.3) is 0 Å². The number of ether oxygens (including phenoxy) is 3. The van der Waals surface area contributed by atoms with E-state index in [1.54, 1.807) is 6.07 Å². The van der Waals surface area contributed by atoms with Crippen molar-refractivity contribution in [3.63, 3.8) is 0 Å². The molecule has 178 valence electrons. The molecule has 34 heavy (non-hydrogen) atoms. The van der Waals surface area contributed by atoms with Crippen LogP contribution in [-0.2, 0) is 14.3 Å². The lowest BCUT2D eigenvalue weighted by atomic mass is 10.1. The number of amides is 2. The molecule has 1 fully saturated rings. The van der Waals surface area contributed by atoms with Gasteiger partial charge in [-0.3, -0.25) is 39.7 Å². The van der Waals surface area contributed by atoms with Gasteiger partial charge in [-0.25, -0.2) is 0 Å². The number of ketones is 1. The van der Waals surface area contributed by atoms with Crippen molar-refractivity contribution in [1.29, 1.82) is 0 Å². The van der Waals surface area contributed by atoms with Gasteiger partial charge < -0.3 is 14.2 Å². The normalized spacial score (nSPS) is 14.9. The molecular formula is C22H21N3O9. The van der Waals surface area contributed by atoms with Gasteiger partial charge in [-0.15, -0.1) is 0 Å². The van der Waals surface area contributed by atoms with Gasteiger partial charge >= 0.3 is 5.97 Å². The molecule has 0 aromatic heterocycles. The standard InChI is InChI=1S/C22H21N3O9/c1-32-17-7-14(8-18(10-17)33-2)21(28)23-24-11-15(9-20(24)27)22(29)34-12-19(26)13-3-5-16(6-4-13)25(30)31/h3-8,10,15H,9,11-12H2,1-2H3,(H,23,28)/t15-/m0/s1. The largest absolute Gasteiger partial charge is 0.497 e. The summed E-state index contributed by atoms with van der Waals surface area (Å²) in [7, 11) is 2.87. The molecule has 1 atom stereocenters. The fraction of sp³-hybridized carbons (Fsp3) is 0.273. The Bertz CT molecular complexity index is 1110. The minimum Gasteiger partial charge on any atom is -0.497 e. The van der Waals surface area contributed by atoms with Gasteiger partial charge in [0.1, 0.15) is 11.5 Å². The van der Waals surface area contributed by atoms with Gasteiger partial charge in [0.15, 0.2) is 12.4 Å². The minimum atomic E-state index is -0.877. The molecule has 0 aliphatic carbocycles. The van der Waals surface area contributed by atoms with Crippen LogP contribution in [0.5, 0.6) is 11.5 Å². The Morgan fingerprint density at radius 2 is 1.68 bits per heavy atom. The first kappa shape index (κ1) is 24.2. The predicted octanol–water partition coefficient (Wildman–Crippen LogP) is 1.53. The van der Waals surface area contributed by atoms with E-state index in [2.05, 4.69) is 5.43 Å². The Morgan fingerprint density at radius 1 is 1.06 bits per heavy atom. The van der Waals surface area contributed by atoms with Crippen LogP contribution in [0.1, 0.15) is 27.1 Å². The van der Waals surface area contributed by atoms with Crippen molar-refractivity contribution in [2.75, 3.05) is 27.4 Å². The molecule has 0 unspecified atom stereocenters. The average molecular weight is 471 g/mol. The molecule has 1 aliphatic rings. The lowest BCUT2D eigenvalue weighted by Crippen LogP contribution is -2.43. The van der Waals surface area contributed by atoms with Crippen molar-refractivity contribution < 1.29 is 38.3 Å². The number of hydrogen-bond donors (Lipinski definition) is 1. The van der Waals surface area contributed by atoms with Crippen molar-refractivity contribution >= 4 is 29.3 Å². The van der Waals surface area contributed by atoms with Crippen molar-refractivity contribution in [3.8, 4) is 11.5 Å². The predicted molar refractivity (Wildman–Crippen MR) is 115 cm³/mol. The molecule has 2 aromatic carbocycles. The number of non-ortho nitro benzene ring substituents is 1. The first-order valence-corrected chi connectivity index (χ1v) is 10.0. The van der Waals surface area contributed by atoms with E-state index in [1.807, 2.05) is 0 Å². The number of carbonyl (C=O) groups is 4. The maximum atomic E-state index is 12.6. The van der Waals surface area contributed by atoms with Crippen LogP contribution in [0, 0.1) is 16.0 Å². The van der Waals surface area contributed by atoms with Crippen LogP contribution in [0.3, 0.4) is 0 Å². The van der Waals surface area contributed by atoms with Crippen LogP contribution >= 0.6 is 0 Å². The van der Waals surface area contributed by atoms with E-state index in [1.165, 1.54) is 50.6 Å². The molecule has 1 saturated heterocycles. The first-order valence-electron chi connectivity index (χ1n) is 10.0. The average Bonchev–Trinajstić information content (AvgIpc) is 3.21. The topological polar surface area (TPSA) is 154 Å². The fourth-order valence-electron chi connectivity index (χ4n) is 3.21.